The van der Waals surface area contributed by atoms with E-state index >= 15 is 4.39 Å². The van der Waals surface area contributed by atoms with E-state index in [9.17, 15) is 5.26 Å². The third-order valence-corrected chi connectivity index (χ3v) is 8.99. The van der Waals surface area contributed by atoms with Crippen LogP contribution in [0.2, 0.25) is 0 Å². The molecule has 3 aromatic heterocycles. The molecule has 3 aliphatic rings. The number of fused-ring (bicyclic) bond motifs is 6. The van der Waals surface area contributed by atoms with Gasteiger partial charge in [0.05, 0.1) is 37.0 Å². The minimum absolute atomic E-state index is 0.114. The number of nitrogens with one attached hydrogen (secondary N) is 1. The van der Waals surface area contributed by atoms with E-state index in [-0.39, 0.29) is 30.2 Å². The molecule has 9 nitrogen and oxygen atoms in total. The van der Waals surface area contributed by atoms with Crippen LogP contribution in [0.25, 0.3) is 32.2 Å². The number of methoxy groups -OCH3 is 1. The lowest BCUT2D eigenvalue weighted by Gasteiger charge is -2.37. The first-order valence-electron chi connectivity index (χ1n) is 12.3. The van der Waals surface area contributed by atoms with E-state index in [4.69, 9.17) is 20.2 Å². The zero-order valence-corrected chi connectivity index (χ0v) is 21.2. The van der Waals surface area contributed by atoms with Crippen LogP contribution in [-0.2, 0) is 18.0 Å². The van der Waals surface area contributed by atoms with Crippen LogP contribution < -0.4 is 20.7 Å². The summed E-state index contributed by atoms with van der Waals surface area (Å²) < 4.78 is 29.0. The second kappa shape index (κ2) is 8.21. The highest BCUT2D eigenvalue weighted by Gasteiger charge is 2.40. The Bertz CT molecular complexity index is 1650. The summed E-state index contributed by atoms with van der Waals surface area (Å²) in [4.78, 5) is 16.2. The van der Waals surface area contributed by atoms with Gasteiger partial charge in [-0.05, 0) is 36.5 Å². The number of nitrogens with two attached hydrogens (primary N) is 1. The largest absolute Gasteiger partial charge is 0.467 e. The lowest BCUT2D eigenvalue weighted by atomic mass is 9.93. The molecule has 2 fully saturated rings. The zero-order valence-electron chi connectivity index (χ0n) is 20.4. The maximum absolute atomic E-state index is 16.8. The molecule has 0 radical (unpaired) electrons. The predicted octanol–water partition coefficient (Wildman–Crippen LogP) is 3.79. The van der Waals surface area contributed by atoms with E-state index in [1.54, 1.807) is 6.20 Å². The Balaban J connectivity index is 1.58. The van der Waals surface area contributed by atoms with Crippen LogP contribution in [0, 0.1) is 24.1 Å². The molecule has 1 aromatic carbocycles. The van der Waals surface area contributed by atoms with E-state index in [0.29, 0.717) is 50.6 Å². The first kappa shape index (κ1) is 22.6. The molecule has 2 saturated heterocycles. The maximum atomic E-state index is 16.8. The summed E-state index contributed by atoms with van der Waals surface area (Å²) in [6.45, 7) is 4.16. The van der Waals surface area contributed by atoms with Gasteiger partial charge in [-0.15, -0.1) is 11.3 Å². The van der Waals surface area contributed by atoms with E-state index in [2.05, 4.69) is 26.3 Å². The van der Waals surface area contributed by atoms with Crippen molar-refractivity contribution in [3.63, 3.8) is 0 Å². The van der Waals surface area contributed by atoms with Gasteiger partial charge < -0.3 is 25.4 Å². The molecule has 2 atom stereocenters. The molecule has 7 rings (SSSR count). The molecular weight excluding hydrogens is 493 g/mol. The lowest BCUT2D eigenvalue weighted by molar-refractivity contribution is 0.135. The number of nitriles is 1. The minimum atomic E-state index is -0.519. The van der Waals surface area contributed by atoms with Crippen LogP contribution in [0.5, 0.6) is 6.01 Å². The normalized spacial score (nSPS) is 20.5. The molecule has 3 N–H and O–H groups in total. The highest BCUT2D eigenvalue weighted by molar-refractivity contribution is 7.23. The van der Waals surface area contributed by atoms with Gasteiger partial charge in [0.1, 0.15) is 22.4 Å². The van der Waals surface area contributed by atoms with Crippen molar-refractivity contribution in [3.8, 4) is 23.3 Å². The van der Waals surface area contributed by atoms with E-state index < -0.39 is 5.82 Å². The molecule has 0 saturated carbocycles. The van der Waals surface area contributed by atoms with Crippen LogP contribution in [0.3, 0.4) is 0 Å². The van der Waals surface area contributed by atoms with Crippen molar-refractivity contribution < 1.29 is 13.9 Å². The molecule has 2 unspecified atom stereocenters. The molecule has 37 heavy (non-hydrogen) atoms. The van der Waals surface area contributed by atoms with Crippen molar-refractivity contribution in [3.05, 3.63) is 34.3 Å². The van der Waals surface area contributed by atoms with Crippen molar-refractivity contribution in [1.29, 1.82) is 5.26 Å². The third kappa shape index (κ3) is 3.09. The lowest BCUT2D eigenvalue weighted by Crippen LogP contribution is -2.52. The van der Waals surface area contributed by atoms with Gasteiger partial charge in [-0.25, -0.2) is 4.39 Å². The Hall–Kier alpha value is -3.59. The number of anilines is 2. The SMILES string of the molecule is COc1nc(N2C3CCC2CNC3)c2c3c(c(-c4ncc(C)c5sc(N)c(C#N)c45)c(F)c2n1)COC3. The van der Waals surface area contributed by atoms with Crippen molar-refractivity contribution in [2.75, 3.05) is 30.8 Å². The summed E-state index contributed by atoms with van der Waals surface area (Å²) in [5, 5.41) is 15.0. The number of aryl methyl sites for hydroxylation is 1. The summed E-state index contributed by atoms with van der Waals surface area (Å²) in [5.41, 5.74) is 9.83. The van der Waals surface area contributed by atoms with Crippen molar-refractivity contribution in [1.82, 2.24) is 20.3 Å². The number of rotatable bonds is 3. The number of piperazine rings is 1. The van der Waals surface area contributed by atoms with Gasteiger partial charge in [-0.3, -0.25) is 4.98 Å². The van der Waals surface area contributed by atoms with Crippen LogP contribution in [0.15, 0.2) is 6.20 Å². The summed E-state index contributed by atoms with van der Waals surface area (Å²) in [5.74, 6) is 0.178. The van der Waals surface area contributed by atoms with E-state index in [0.717, 1.165) is 41.8 Å². The van der Waals surface area contributed by atoms with Gasteiger partial charge in [0.2, 0.25) is 0 Å². The Morgan fingerprint density at radius 1 is 1.22 bits per heavy atom. The second-order valence-corrected chi connectivity index (χ2v) is 10.8. The molecule has 188 valence electrons. The van der Waals surface area contributed by atoms with Crippen molar-refractivity contribution >= 4 is 43.1 Å². The van der Waals surface area contributed by atoms with Crippen LogP contribution in [0.4, 0.5) is 15.2 Å². The number of ether oxygens (including phenoxy) is 2. The Kier molecular flexibility index (Phi) is 5.01. The minimum Gasteiger partial charge on any atom is -0.467 e. The molecule has 4 aromatic rings. The van der Waals surface area contributed by atoms with Crippen molar-refractivity contribution in [2.24, 2.45) is 0 Å². The molecule has 3 aliphatic heterocycles. The number of aromatic nitrogens is 3. The standard InChI is InChI=1S/C26H24FN7O2S/c1-11-6-31-21(18-14(5-28)24(29)37-23(11)18)17-15-9-36-10-16(15)19-22(20(17)27)32-26(35-2)33-25(19)34-12-3-4-13(34)8-30-7-12/h6,12-13,30H,3-4,7-10,29H2,1-2H3. The van der Waals surface area contributed by atoms with Gasteiger partial charge in [0.15, 0.2) is 5.82 Å². The Morgan fingerprint density at radius 2 is 1.97 bits per heavy atom. The number of hydrogen-bond acceptors (Lipinski definition) is 10. The van der Waals surface area contributed by atoms with Crippen LogP contribution >= 0.6 is 11.3 Å². The number of benzene rings is 1. The van der Waals surface area contributed by atoms with Crippen LogP contribution in [-0.4, -0.2) is 47.2 Å². The average Bonchev–Trinajstić information content (AvgIpc) is 3.58. The highest BCUT2D eigenvalue weighted by Crippen LogP contribution is 2.47. The number of nitrogen functional groups attached to an aromatic ring is 1. The number of pyridine rings is 1. The summed E-state index contributed by atoms with van der Waals surface area (Å²) in [7, 11) is 1.49. The molecule has 11 heteroatoms. The zero-order chi connectivity index (χ0) is 25.4. The van der Waals surface area contributed by atoms with Gasteiger partial charge in [-0.1, -0.05) is 0 Å². The summed E-state index contributed by atoms with van der Waals surface area (Å²) >= 11 is 1.32. The smallest absolute Gasteiger partial charge is 0.318 e. The monoisotopic (exact) mass is 517 g/mol. The topological polar surface area (TPSA) is 122 Å². The second-order valence-electron chi connectivity index (χ2n) is 9.79. The summed E-state index contributed by atoms with van der Waals surface area (Å²) in [6.07, 6.45) is 3.80. The van der Waals surface area contributed by atoms with E-state index in [1.165, 1.54) is 18.4 Å². The Morgan fingerprint density at radius 3 is 2.70 bits per heavy atom. The van der Waals surface area contributed by atoms with Gasteiger partial charge in [-0.2, -0.15) is 15.2 Å². The number of hydrogen-bond donors (Lipinski definition) is 2. The molecular formula is C26H24FN7O2S. The van der Waals surface area contributed by atoms with Gasteiger partial charge in [0.25, 0.3) is 0 Å². The predicted molar refractivity (Wildman–Crippen MR) is 139 cm³/mol. The molecule has 0 aliphatic carbocycles. The molecule has 0 amide bonds. The van der Waals surface area contributed by atoms with Gasteiger partial charge >= 0.3 is 6.01 Å². The first-order valence-corrected chi connectivity index (χ1v) is 13.1. The molecule has 2 bridgehead atoms. The van der Waals surface area contributed by atoms with Crippen molar-refractivity contribution in [2.45, 2.75) is 45.1 Å². The summed E-state index contributed by atoms with van der Waals surface area (Å²) in [6, 6.07) is 2.86. The third-order valence-electron chi connectivity index (χ3n) is 7.83. The molecule has 0 spiro atoms. The first-order chi connectivity index (χ1) is 18.0. The van der Waals surface area contributed by atoms with Crippen LogP contribution in [0.1, 0.15) is 35.1 Å². The molecule has 6 heterocycles. The quantitative estimate of drug-likeness (QED) is 0.418. The van der Waals surface area contributed by atoms with Gasteiger partial charge in [0, 0.05) is 47.0 Å². The number of thiophene rings is 1. The number of halogens is 1. The average molecular weight is 518 g/mol. The number of nitrogens with zero attached hydrogens (tertiary/aromatic N) is 5. The fourth-order valence-electron chi connectivity index (χ4n) is 6.18. The fourth-order valence-corrected chi connectivity index (χ4v) is 7.16. The fraction of sp³-hybridized carbons (Fsp3) is 0.385. The Labute approximate surface area is 216 Å². The van der Waals surface area contributed by atoms with E-state index in [1.807, 2.05) is 6.92 Å². The highest BCUT2D eigenvalue weighted by atomic mass is 32.1. The maximum Gasteiger partial charge on any atom is 0.318 e.